The van der Waals surface area contributed by atoms with E-state index >= 15 is 0 Å². The number of carbonyl (C=O) groups is 1. The van der Waals surface area contributed by atoms with Gasteiger partial charge >= 0.3 is 11.6 Å². The summed E-state index contributed by atoms with van der Waals surface area (Å²) in [5.74, 6) is 0.168. The van der Waals surface area contributed by atoms with E-state index in [0.29, 0.717) is 36.4 Å². The zero-order valence-corrected chi connectivity index (χ0v) is 25.8. The van der Waals surface area contributed by atoms with E-state index in [0.717, 1.165) is 11.3 Å². The zero-order chi connectivity index (χ0) is 30.5. The monoisotopic (exact) mass is 622 g/mol. The van der Waals surface area contributed by atoms with Crippen molar-refractivity contribution in [3.8, 4) is 21.7 Å². The first-order valence-corrected chi connectivity index (χ1v) is 16.1. The second-order valence-electron chi connectivity index (χ2n) is 12.4. The third-order valence-electron chi connectivity index (χ3n) is 8.63. The molecule has 4 aromatic rings. The molecule has 0 saturated carbocycles. The molecule has 1 aliphatic carbocycles. The molecule has 2 aliphatic rings. The number of thiazole rings is 1. The molecular formula is C34H33F3N2O2S2. The second-order valence-corrected chi connectivity index (χ2v) is 14.4. The predicted octanol–water partition coefficient (Wildman–Crippen LogP) is 10.1. The molecule has 0 radical (unpaired) electrons. The molecule has 1 aromatic heterocycles. The van der Waals surface area contributed by atoms with Gasteiger partial charge in [0, 0.05) is 40.3 Å². The first-order valence-electron chi connectivity index (χ1n) is 14.4. The number of carboxylic acid groups (broad SMARTS) is 1. The van der Waals surface area contributed by atoms with Crippen LogP contribution in [0.5, 0.6) is 0 Å². The molecule has 2 unspecified atom stereocenters. The van der Waals surface area contributed by atoms with Crippen molar-refractivity contribution in [1.82, 2.24) is 9.88 Å². The Morgan fingerprint density at radius 2 is 1.67 bits per heavy atom. The maximum atomic E-state index is 13.3. The van der Waals surface area contributed by atoms with Crippen molar-refractivity contribution >= 4 is 29.2 Å². The molecule has 4 nitrogen and oxygen atoms in total. The molecule has 1 amide bonds. The lowest BCUT2D eigenvalue weighted by Gasteiger charge is -2.39. The minimum absolute atomic E-state index is 0.0623. The molecule has 43 heavy (non-hydrogen) atoms. The highest BCUT2D eigenvalue weighted by molar-refractivity contribution is 8.00. The van der Waals surface area contributed by atoms with Crippen molar-refractivity contribution in [2.24, 2.45) is 0 Å². The van der Waals surface area contributed by atoms with E-state index in [1.165, 1.54) is 33.6 Å². The Labute approximate surface area is 258 Å². The fourth-order valence-electron chi connectivity index (χ4n) is 6.54. The maximum Gasteiger partial charge on any atom is 0.446 e. The Kier molecular flexibility index (Phi) is 7.84. The molecular weight excluding hydrogens is 590 g/mol. The van der Waals surface area contributed by atoms with E-state index in [-0.39, 0.29) is 40.0 Å². The van der Waals surface area contributed by atoms with Crippen molar-refractivity contribution in [2.75, 3.05) is 6.54 Å². The highest BCUT2D eigenvalue weighted by Crippen LogP contribution is 2.49. The molecule has 1 N–H and O–H groups in total. The van der Waals surface area contributed by atoms with Crippen LogP contribution in [-0.4, -0.2) is 39.2 Å². The number of benzene rings is 3. The molecule has 3 aromatic carbocycles. The Bertz CT molecular complexity index is 1610. The molecule has 1 saturated heterocycles. The third kappa shape index (κ3) is 6.20. The Balaban J connectivity index is 1.28. The van der Waals surface area contributed by atoms with Crippen LogP contribution in [0, 0.1) is 0 Å². The summed E-state index contributed by atoms with van der Waals surface area (Å²) >= 11 is 1.33. The Hall–Kier alpha value is -3.30. The number of aromatic nitrogens is 1. The van der Waals surface area contributed by atoms with Gasteiger partial charge in [0.1, 0.15) is 5.01 Å². The van der Waals surface area contributed by atoms with Crippen LogP contribution in [0.25, 0.3) is 21.7 Å². The van der Waals surface area contributed by atoms with E-state index in [1.807, 2.05) is 56.5 Å². The van der Waals surface area contributed by atoms with E-state index in [1.54, 1.807) is 17.0 Å². The normalized spacial score (nSPS) is 18.9. The number of likely N-dealkylation sites (tertiary alicyclic amines) is 1. The summed E-state index contributed by atoms with van der Waals surface area (Å²) < 4.78 is 39.9. The molecule has 2 atom stereocenters. The van der Waals surface area contributed by atoms with Gasteiger partial charge < -0.3 is 10.0 Å². The molecule has 2 heterocycles. The summed E-state index contributed by atoms with van der Waals surface area (Å²) in [6, 6.07) is 21.7. The quantitative estimate of drug-likeness (QED) is 0.225. The summed E-state index contributed by atoms with van der Waals surface area (Å²) in [6.07, 6.45) is 1.07. The smallest absolute Gasteiger partial charge is 0.446 e. The van der Waals surface area contributed by atoms with E-state index < -0.39 is 11.6 Å². The number of hydrogen-bond donors (Lipinski definition) is 1. The van der Waals surface area contributed by atoms with E-state index in [2.05, 4.69) is 24.3 Å². The molecule has 224 valence electrons. The highest BCUT2D eigenvalue weighted by Gasteiger charge is 2.38. The number of rotatable bonds is 5. The Morgan fingerprint density at radius 3 is 2.28 bits per heavy atom. The van der Waals surface area contributed by atoms with Gasteiger partial charge in [-0.2, -0.15) is 13.2 Å². The van der Waals surface area contributed by atoms with Gasteiger partial charge in [0.2, 0.25) is 0 Å². The van der Waals surface area contributed by atoms with Crippen LogP contribution < -0.4 is 0 Å². The van der Waals surface area contributed by atoms with Crippen molar-refractivity contribution in [1.29, 1.82) is 0 Å². The van der Waals surface area contributed by atoms with Crippen LogP contribution in [-0.2, 0) is 5.41 Å². The van der Waals surface area contributed by atoms with Gasteiger partial charge in [0.25, 0.3) is 0 Å². The SMILES string of the molecule is CC(C)(C)c1cc(SC(F)(F)F)cc(-c2nc(C3CCN(C(=O)O)C(CC4c5ccccc5-c5ccccc54)C3)cs2)c1. The average molecular weight is 623 g/mol. The summed E-state index contributed by atoms with van der Waals surface area (Å²) in [6.45, 7) is 6.37. The first-order chi connectivity index (χ1) is 20.4. The number of thioether (sulfide) groups is 1. The van der Waals surface area contributed by atoms with Gasteiger partial charge in [-0.3, -0.25) is 0 Å². The van der Waals surface area contributed by atoms with Gasteiger partial charge in [0.15, 0.2) is 0 Å². The minimum Gasteiger partial charge on any atom is -0.465 e. The van der Waals surface area contributed by atoms with Crippen LogP contribution in [0.3, 0.4) is 0 Å². The number of fused-ring (bicyclic) bond motifs is 3. The summed E-state index contributed by atoms with van der Waals surface area (Å²) in [4.78, 5) is 19.0. The summed E-state index contributed by atoms with van der Waals surface area (Å²) in [5.41, 5.74) is 2.56. The van der Waals surface area contributed by atoms with Crippen LogP contribution in [0.4, 0.5) is 18.0 Å². The fourth-order valence-corrected chi connectivity index (χ4v) is 8.06. The van der Waals surface area contributed by atoms with Crippen LogP contribution in [0.15, 0.2) is 77.0 Å². The van der Waals surface area contributed by atoms with Gasteiger partial charge in [-0.15, -0.1) is 11.3 Å². The van der Waals surface area contributed by atoms with Crippen molar-refractivity contribution in [3.63, 3.8) is 0 Å². The molecule has 0 spiro atoms. The van der Waals surface area contributed by atoms with Crippen LogP contribution in [0.1, 0.15) is 74.3 Å². The average Bonchev–Trinajstić information content (AvgIpc) is 3.56. The minimum atomic E-state index is -4.38. The first kappa shape index (κ1) is 29.8. The number of piperidine rings is 1. The van der Waals surface area contributed by atoms with Crippen molar-refractivity contribution < 1.29 is 23.1 Å². The molecule has 6 rings (SSSR count). The zero-order valence-electron chi connectivity index (χ0n) is 24.2. The van der Waals surface area contributed by atoms with E-state index in [4.69, 9.17) is 4.98 Å². The highest BCUT2D eigenvalue weighted by atomic mass is 32.2. The van der Waals surface area contributed by atoms with Crippen LogP contribution in [0.2, 0.25) is 0 Å². The van der Waals surface area contributed by atoms with Gasteiger partial charge in [0.05, 0.1) is 5.69 Å². The molecule has 9 heteroatoms. The van der Waals surface area contributed by atoms with Crippen molar-refractivity contribution in [3.05, 3.63) is 94.5 Å². The third-order valence-corrected chi connectivity index (χ3v) is 10.2. The number of alkyl halides is 3. The summed E-state index contributed by atoms with van der Waals surface area (Å²) in [7, 11) is 0. The maximum absolute atomic E-state index is 13.3. The number of hydrogen-bond acceptors (Lipinski definition) is 4. The number of nitrogens with zero attached hydrogens (tertiary/aromatic N) is 2. The standard InChI is InChI=1S/C34H33F3N2O2S2/c1-33(2,3)22-14-21(16-24(17-22)43-34(35,36)37)31-38-30(19-42-31)20-12-13-39(32(40)41)23(15-20)18-29-27-10-6-4-8-25(27)26-9-5-7-11-28(26)29/h4-11,14,16-17,19-20,23,29H,12-13,15,18H2,1-3H3,(H,40,41). The van der Waals surface area contributed by atoms with Gasteiger partial charge in [-0.05, 0) is 82.5 Å². The van der Waals surface area contributed by atoms with E-state index in [9.17, 15) is 23.1 Å². The second kappa shape index (κ2) is 11.3. The summed E-state index contributed by atoms with van der Waals surface area (Å²) in [5, 5.41) is 12.8. The number of halogens is 3. The molecule has 0 bridgehead atoms. The van der Waals surface area contributed by atoms with Crippen LogP contribution >= 0.6 is 23.1 Å². The molecule has 1 fully saturated rings. The topological polar surface area (TPSA) is 53.4 Å². The van der Waals surface area contributed by atoms with Crippen molar-refractivity contribution in [2.45, 2.75) is 73.7 Å². The fraction of sp³-hybridized carbons (Fsp3) is 0.353. The van der Waals surface area contributed by atoms with Gasteiger partial charge in [-0.25, -0.2) is 9.78 Å². The predicted molar refractivity (Wildman–Crippen MR) is 167 cm³/mol. The largest absolute Gasteiger partial charge is 0.465 e. The van der Waals surface area contributed by atoms with Gasteiger partial charge in [-0.1, -0.05) is 69.3 Å². The number of amides is 1. The lowest BCUT2D eigenvalue weighted by molar-refractivity contribution is -0.0328. The Morgan fingerprint density at radius 1 is 1.02 bits per heavy atom. The molecule has 1 aliphatic heterocycles. The lowest BCUT2D eigenvalue weighted by atomic mass is 9.82. The lowest BCUT2D eigenvalue weighted by Crippen LogP contribution is -2.45.